The van der Waals surface area contributed by atoms with E-state index in [0.29, 0.717) is 5.41 Å². The average Bonchev–Trinajstić information content (AvgIpc) is 2.43. The maximum atomic E-state index is 3.51. The fraction of sp³-hybridized carbons (Fsp3) is 1.00. The quantitative estimate of drug-likeness (QED) is 0.675. The monoisotopic (exact) mass is 254 g/mol. The van der Waals surface area contributed by atoms with Crippen molar-refractivity contribution in [1.29, 1.82) is 0 Å². The lowest BCUT2D eigenvalue weighted by atomic mass is 9.76. The van der Waals surface area contributed by atoms with Crippen LogP contribution in [-0.4, -0.2) is 37.6 Å². The maximum absolute atomic E-state index is 3.51. The van der Waals surface area contributed by atoms with Gasteiger partial charge in [0.2, 0.25) is 0 Å². The molecule has 0 radical (unpaired) electrons. The van der Waals surface area contributed by atoms with Crippen molar-refractivity contribution in [3.63, 3.8) is 0 Å². The Morgan fingerprint density at radius 3 is 1.94 bits per heavy atom. The maximum Gasteiger partial charge on any atom is 0.00388 e. The predicted molar refractivity (Wildman–Crippen MR) is 81.1 cm³/mol. The Morgan fingerprint density at radius 1 is 0.944 bits per heavy atom. The molecule has 1 rings (SSSR count). The Morgan fingerprint density at radius 2 is 1.50 bits per heavy atom. The Balaban J connectivity index is 2.49. The van der Waals surface area contributed by atoms with Gasteiger partial charge in [0, 0.05) is 6.54 Å². The zero-order valence-electron chi connectivity index (χ0n) is 12.9. The van der Waals surface area contributed by atoms with Crippen molar-refractivity contribution in [2.75, 3.05) is 32.7 Å². The minimum Gasteiger partial charge on any atom is -0.317 e. The van der Waals surface area contributed by atoms with Crippen LogP contribution < -0.4 is 5.32 Å². The van der Waals surface area contributed by atoms with Gasteiger partial charge in [0.05, 0.1) is 0 Å². The molecule has 1 N–H and O–H groups in total. The van der Waals surface area contributed by atoms with Crippen LogP contribution in [0, 0.1) is 5.41 Å². The third kappa shape index (κ3) is 5.27. The van der Waals surface area contributed by atoms with E-state index in [1.165, 1.54) is 77.7 Å². The van der Waals surface area contributed by atoms with Gasteiger partial charge in [0.25, 0.3) is 0 Å². The number of nitrogens with one attached hydrogen (secondary N) is 1. The van der Waals surface area contributed by atoms with E-state index in [9.17, 15) is 0 Å². The summed E-state index contributed by atoms with van der Waals surface area (Å²) in [4.78, 5) is 2.75. The molecule has 0 spiro atoms. The molecule has 108 valence electrons. The number of hydrogen-bond acceptors (Lipinski definition) is 2. The van der Waals surface area contributed by atoms with E-state index in [1.54, 1.807) is 0 Å². The highest BCUT2D eigenvalue weighted by molar-refractivity contribution is 4.86. The molecule has 2 nitrogen and oxygen atoms in total. The summed E-state index contributed by atoms with van der Waals surface area (Å²) in [5.41, 5.74) is 0.604. The van der Waals surface area contributed by atoms with Gasteiger partial charge in [-0.2, -0.15) is 0 Å². The van der Waals surface area contributed by atoms with Gasteiger partial charge < -0.3 is 10.2 Å². The van der Waals surface area contributed by atoms with Crippen LogP contribution in [0.15, 0.2) is 0 Å². The lowest BCUT2D eigenvalue weighted by Crippen LogP contribution is -2.45. The first-order valence-corrected chi connectivity index (χ1v) is 8.19. The van der Waals surface area contributed by atoms with Crippen molar-refractivity contribution < 1.29 is 0 Å². The lowest BCUT2D eigenvalue weighted by molar-refractivity contribution is 0.104. The minimum atomic E-state index is 0.604. The SMILES string of the molecule is CCCCN(CCCC)CC1(CC)CCNCC1. The second-order valence-electron chi connectivity index (χ2n) is 6.09. The van der Waals surface area contributed by atoms with Gasteiger partial charge in [0.15, 0.2) is 0 Å². The molecular formula is C16H34N2. The zero-order chi connectivity index (χ0) is 13.3. The van der Waals surface area contributed by atoms with Crippen molar-refractivity contribution >= 4 is 0 Å². The molecule has 0 unspecified atom stereocenters. The van der Waals surface area contributed by atoms with E-state index in [-0.39, 0.29) is 0 Å². The summed E-state index contributed by atoms with van der Waals surface area (Å²) in [5.74, 6) is 0. The molecule has 0 aromatic heterocycles. The van der Waals surface area contributed by atoms with Gasteiger partial charge in [-0.1, -0.05) is 33.6 Å². The normalized spacial score (nSPS) is 19.3. The smallest absolute Gasteiger partial charge is 0.00388 e. The molecule has 2 heteroatoms. The van der Waals surface area contributed by atoms with Crippen molar-refractivity contribution in [1.82, 2.24) is 10.2 Å². The van der Waals surface area contributed by atoms with E-state index < -0.39 is 0 Å². The Kier molecular flexibility index (Phi) is 7.92. The van der Waals surface area contributed by atoms with Crippen LogP contribution in [0.25, 0.3) is 0 Å². The van der Waals surface area contributed by atoms with Crippen molar-refractivity contribution in [3.8, 4) is 0 Å². The lowest BCUT2D eigenvalue weighted by Gasteiger charge is -2.41. The van der Waals surface area contributed by atoms with Crippen LogP contribution in [0.1, 0.15) is 65.7 Å². The number of hydrogen-bond donors (Lipinski definition) is 1. The first-order valence-electron chi connectivity index (χ1n) is 8.19. The molecule has 18 heavy (non-hydrogen) atoms. The molecule has 1 aliphatic heterocycles. The summed E-state index contributed by atoms with van der Waals surface area (Å²) < 4.78 is 0. The third-order valence-electron chi connectivity index (χ3n) is 4.63. The van der Waals surface area contributed by atoms with Crippen molar-refractivity contribution in [2.45, 2.75) is 65.7 Å². The molecule has 0 saturated carbocycles. The molecule has 0 amide bonds. The van der Waals surface area contributed by atoms with Crippen LogP contribution >= 0.6 is 0 Å². The van der Waals surface area contributed by atoms with E-state index in [4.69, 9.17) is 0 Å². The van der Waals surface area contributed by atoms with E-state index in [1.807, 2.05) is 0 Å². The van der Waals surface area contributed by atoms with Gasteiger partial charge in [-0.25, -0.2) is 0 Å². The Hall–Kier alpha value is -0.0800. The van der Waals surface area contributed by atoms with Crippen molar-refractivity contribution in [3.05, 3.63) is 0 Å². The summed E-state index contributed by atoms with van der Waals surface area (Å²) in [6, 6.07) is 0. The Labute approximate surface area is 115 Å². The standard InChI is InChI=1S/C16H34N2/c1-4-7-13-18(14-8-5-2)15-16(6-3)9-11-17-12-10-16/h17H,4-15H2,1-3H3. The van der Waals surface area contributed by atoms with Gasteiger partial charge >= 0.3 is 0 Å². The fourth-order valence-electron chi connectivity index (χ4n) is 3.09. The number of piperidine rings is 1. The highest BCUT2D eigenvalue weighted by atomic mass is 15.1. The summed E-state index contributed by atoms with van der Waals surface area (Å²) in [5, 5.41) is 3.51. The molecule has 1 saturated heterocycles. The van der Waals surface area contributed by atoms with E-state index in [0.717, 1.165) is 0 Å². The van der Waals surface area contributed by atoms with Crippen LogP contribution in [0.3, 0.4) is 0 Å². The van der Waals surface area contributed by atoms with E-state index >= 15 is 0 Å². The largest absolute Gasteiger partial charge is 0.317 e. The second kappa shape index (κ2) is 8.92. The molecule has 0 atom stereocenters. The van der Waals surface area contributed by atoms with Gasteiger partial charge in [0.1, 0.15) is 0 Å². The fourth-order valence-corrected chi connectivity index (χ4v) is 3.09. The van der Waals surface area contributed by atoms with Crippen molar-refractivity contribution in [2.24, 2.45) is 5.41 Å². The number of nitrogens with zero attached hydrogens (tertiary/aromatic N) is 1. The summed E-state index contributed by atoms with van der Waals surface area (Å²) >= 11 is 0. The molecule has 0 aromatic carbocycles. The molecule has 0 aromatic rings. The predicted octanol–water partition coefficient (Wildman–Crippen LogP) is 3.67. The highest BCUT2D eigenvalue weighted by Crippen LogP contribution is 2.33. The average molecular weight is 254 g/mol. The number of unbranched alkanes of at least 4 members (excludes halogenated alkanes) is 2. The molecule has 0 bridgehead atoms. The van der Waals surface area contributed by atoms with Crippen LogP contribution in [0.5, 0.6) is 0 Å². The van der Waals surface area contributed by atoms with E-state index in [2.05, 4.69) is 31.0 Å². The summed E-state index contributed by atoms with van der Waals surface area (Å²) in [7, 11) is 0. The van der Waals surface area contributed by atoms with Crippen LogP contribution in [0.2, 0.25) is 0 Å². The minimum absolute atomic E-state index is 0.604. The highest BCUT2D eigenvalue weighted by Gasteiger charge is 2.31. The summed E-state index contributed by atoms with van der Waals surface area (Å²) in [6.45, 7) is 13.4. The molecule has 1 fully saturated rings. The van der Waals surface area contributed by atoms with Crippen LogP contribution in [0.4, 0.5) is 0 Å². The topological polar surface area (TPSA) is 15.3 Å². The molecule has 1 aliphatic rings. The first kappa shape index (κ1) is 16.0. The Bertz CT molecular complexity index is 189. The second-order valence-corrected chi connectivity index (χ2v) is 6.09. The number of rotatable bonds is 9. The summed E-state index contributed by atoms with van der Waals surface area (Å²) in [6.07, 6.45) is 9.47. The molecule has 1 heterocycles. The first-order chi connectivity index (χ1) is 8.76. The molecule has 0 aliphatic carbocycles. The van der Waals surface area contributed by atoms with Gasteiger partial charge in [-0.15, -0.1) is 0 Å². The van der Waals surface area contributed by atoms with Gasteiger partial charge in [-0.3, -0.25) is 0 Å². The molecular weight excluding hydrogens is 220 g/mol. The van der Waals surface area contributed by atoms with Gasteiger partial charge in [-0.05, 0) is 63.7 Å². The zero-order valence-corrected chi connectivity index (χ0v) is 12.9. The van der Waals surface area contributed by atoms with Crippen LogP contribution in [-0.2, 0) is 0 Å². The third-order valence-corrected chi connectivity index (χ3v) is 4.63.